The molecule has 1 atom stereocenters. The van der Waals surface area contributed by atoms with Gasteiger partial charge >= 0.3 is 5.97 Å². The van der Waals surface area contributed by atoms with E-state index < -0.39 is 5.97 Å². The van der Waals surface area contributed by atoms with Gasteiger partial charge in [0.05, 0.1) is 18.8 Å². The predicted octanol–water partition coefficient (Wildman–Crippen LogP) is 3.09. The zero-order valence-electron chi connectivity index (χ0n) is 12.1. The minimum Gasteiger partial charge on any atom is -0.497 e. The van der Waals surface area contributed by atoms with Crippen molar-refractivity contribution < 1.29 is 14.6 Å². The molecule has 0 spiro atoms. The highest BCUT2D eigenvalue weighted by molar-refractivity contribution is 6.36. The number of carboxylic acids is 1. The lowest BCUT2D eigenvalue weighted by Gasteiger charge is -2.24. The van der Waals surface area contributed by atoms with E-state index in [1.165, 1.54) is 0 Å². The second-order valence-corrected chi connectivity index (χ2v) is 5.03. The van der Waals surface area contributed by atoms with Gasteiger partial charge < -0.3 is 9.84 Å². The van der Waals surface area contributed by atoms with Crippen LogP contribution in [0.5, 0.6) is 5.75 Å². The van der Waals surface area contributed by atoms with Crippen LogP contribution in [0.25, 0.3) is 0 Å². The maximum Gasteiger partial charge on any atom is 0.352 e. The van der Waals surface area contributed by atoms with Crippen LogP contribution in [-0.2, 0) is 4.79 Å². The van der Waals surface area contributed by atoms with E-state index in [0.29, 0.717) is 6.42 Å². The number of methoxy groups -OCH3 is 1. The van der Waals surface area contributed by atoms with Crippen molar-refractivity contribution in [2.24, 2.45) is 5.10 Å². The number of carboxylic acid groups (broad SMARTS) is 1. The molecule has 0 fully saturated rings. The average molecular weight is 296 g/mol. The molecule has 2 aromatic rings. The smallest absolute Gasteiger partial charge is 0.352 e. The molecular weight excluding hydrogens is 280 g/mol. The first-order valence-corrected chi connectivity index (χ1v) is 6.98. The van der Waals surface area contributed by atoms with Gasteiger partial charge in [-0.25, -0.2) is 4.79 Å². The van der Waals surface area contributed by atoms with Crippen LogP contribution in [0.15, 0.2) is 59.7 Å². The number of ether oxygens (including phenoxy) is 1. The largest absolute Gasteiger partial charge is 0.497 e. The summed E-state index contributed by atoms with van der Waals surface area (Å²) in [5.41, 5.74) is 2.05. The third-order valence-electron chi connectivity index (χ3n) is 3.68. The van der Waals surface area contributed by atoms with E-state index in [-0.39, 0.29) is 11.8 Å². The molecule has 0 radical (unpaired) electrons. The van der Waals surface area contributed by atoms with Crippen molar-refractivity contribution in [3.05, 3.63) is 60.2 Å². The molecule has 0 saturated heterocycles. The summed E-state index contributed by atoms with van der Waals surface area (Å²) >= 11 is 0. The van der Waals surface area contributed by atoms with Crippen molar-refractivity contribution in [3.8, 4) is 5.75 Å². The van der Waals surface area contributed by atoms with E-state index >= 15 is 0 Å². The zero-order valence-corrected chi connectivity index (χ0v) is 12.1. The second kappa shape index (κ2) is 5.89. The van der Waals surface area contributed by atoms with Crippen molar-refractivity contribution in [3.63, 3.8) is 0 Å². The van der Waals surface area contributed by atoms with E-state index in [1.807, 2.05) is 54.6 Å². The van der Waals surface area contributed by atoms with Crippen LogP contribution in [0, 0.1) is 0 Å². The molecule has 0 saturated carbocycles. The fourth-order valence-electron chi connectivity index (χ4n) is 2.55. The van der Waals surface area contributed by atoms with Gasteiger partial charge in [0.25, 0.3) is 0 Å². The molecule has 1 N–H and O–H groups in total. The molecule has 3 rings (SSSR count). The molecule has 5 nitrogen and oxygen atoms in total. The molecule has 1 aliphatic rings. The number of carbonyl (C=O) groups is 1. The maximum atomic E-state index is 11.3. The Bertz CT molecular complexity index is 696. The lowest BCUT2D eigenvalue weighted by Crippen LogP contribution is -2.18. The Labute approximate surface area is 128 Å². The topological polar surface area (TPSA) is 62.1 Å². The average Bonchev–Trinajstić information content (AvgIpc) is 3.01. The molecule has 0 aliphatic carbocycles. The van der Waals surface area contributed by atoms with Crippen molar-refractivity contribution >= 4 is 17.4 Å². The number of hydrazone groups is 1. The number of nitrogens with zero attached hydrogens (tertiary/aromatic N) is 2. The Kier molecular flexibility index (Phi) is 3.78. The van der Waals surface area contributed by atoms with Gasteiger partial charge in [0, 0.05) is 6.42 Å². The lowest BCUT2D eigenvalue weighted by atomic mass is 10.0. The molecule has 22 heavy (non-hydrogen) atoms. The first kappa shape index (κ1) is 14.1. The second-order valence-electron chi connectivity index (χ2n) is 5.03. The highest BCUT2D eigenvalue weighted by Crippen LogP contribution is 2.35. The molecule has 1 heterocycles. The van der Waals surface area contributed by atoms with Gasteiger partial charge in [0.15, 0.2) is 0 Å². The summed E-state index contributed by atoms with van der Waals surface area (Å²) in [5.74, 6) is -0.224. The van der Waals surface area contributed by atoms with Gasteiger partial charge in [0.1, 0.15) is 11.5 Å². The SMILES string of the molecule is COc1ccc(N2N=C(C(=O)O)C[C@H]2c2ccccc2)cc1. The zero-order chi connectivity index (χ0) is 15.5. The van der Waals surface area contributed by atoms with Crippen LogP contribution in [-0.4, -0.2) is 23.9 Å². The van der Waals surface area contributed by atoms with E-state index in [9.17, 15) is 9.90 Å². The Morgan fingerprint density at radius 3 is 2.45 bits per heavy atom. The minimum atomic E-state index is -0.975. The summed E-state index contributed by atoms with van der Waals surface area (Å²) in [4.78, 5) is 11.3. The quantitative estimate of drug-likeness (QED) is 0.941. The number of hydrogen-bond donors (Lipinski definition) is 1. The molecule has 5 heteroatoms. The van der Waals surface area contributed by atoms with Gasteiger partial charge in [-0.15, -0.1) is 0 Å². The number of rotatable bonds is 4. The van der Waals surface area contributed by atoms with Gasteiger partial charge in [-0.2, -0.15) is 5.10 Å². The Morgan fingerprint density at radius 2 is 1.86 bits per heavy atom. The summed E-state index contributed by atoms with van der Waals surface area (Å²) in [6.45, 7) is 0. The van der Waals surface area contributed by atoms with Gasteiger partial charge in [0.2, 0.25) is 0 Å². The molecule has 2 aromatic carbocycles. The fourth-order valence-corrected chi connectivity index (χ4v) is 2.55. The first-order valence-electron chi connectivity index (χ1n) is 6.98. The van der Waals surface area contributed by atoms with Crippen LogP contribution in [0.4, 0.5) is 5.69 Å². The monoisotopic (exact) mass is 296 g/mol. The normalized spacial score (nSPS) is 17.2. The highest BCUT2D eigenvalue weighted by atomic mass is 16.5. The predicted molar refractivity (Wildman–Crippen MR) is 84.3 cm³/mol. The number of benzene rings is 2. The number of aliphatic carboxylic acids is 1. The first-order chi connectivity index (χ1) is 10.7. The standard InChI is InChI=1S/C17H16N2O3/c1-22-14-9-7-13(8-10-14)19-16(11-15(18-19)17(20)21)12-5-3-2-4-6-12/h2-10,16H,11H2,1H3,(H,20,21)/t16-/m0/s1. The highest BCUT2D eigenvalue weighted by Gasteiger charge is 2.32. The van der Waals surface area contributed by atoms with E-state index in [1.54, 1.807) is 12.1 Å². The van der Waals surface area contributed by atoms with Crippen LogP contribution in [0.2, 0.25) is 0 Å². The molecule has 0 unspecified atom stereocenters. The summed E-state index contributed by atoms with van der Waals surface area (Å²) in [6.07, 6.45) is 0.380. The van der Waals surface area contributed by atoms with Crippen molar-refractivity contribution in [1.29, 1.82) is 0 Å². The molecule has 112 valence electrons. The van der Waals surface area contributed by atoms with Crippen molar-refractivity contribution in [1.82, 2.24) is 0 Å². The third-order valence-corrected chi connectivity index (χ3v) is 3.68. The van der Waals surface area contributed by atoms with E-state index in [2.05, 4.69) is 5.10 Å². The van der Waals surface area contributed by atoms with Crippen LogP contribution in [0.1, 0.15) is 18.0 Å². The summed E-state index contributed by atoms with van der Waals surface area (Å²) in [7, 11) is 1.61. The molecule has 0 bridgehead atoms. The van der Waals surface area contributed by atoms with Crippen molar-refractivity contribution in [2.45, 2.75) is 12.5 Å². The van der Waals surface area contributed by atoms with Crippen LogP contribution < -0.4 is 9.75 Å². The molecule has 1 aliphatic heterocycles. The van der Waals surface area contributed by atoms with Gasteiger partial charge in [-0.3, -0.25) is 5.01 Å². The molecular formula is C17H16N2O3. The number of anilines is 1. The summed E-state index contributed by atoms with van der Waals surface area (Å²) in [5, 5.41) is 15.3. The third kappa shape index (κ3) is 2.65. The number of hydrogen-bond acceptors (Lipinski definition) is 4. The maximum absolute atomic E-state index is 11.3. The molecule has 0 aromatic heterocycles. The minimum absolute atomic E-state index is 0.110. The molecule has 0 amide bonds. The fraction of sp³-hybridized carbons (Fsp3) is 0.176. The summed E-state index contributed by atoms with van der Waals surface area (Å²) < 4.78 is 5.15. The lowest BCUT2D eigenvalue weighted by molar-refractivity contribution is -0.129. The van der Waals surface area contributed by atoms with E-state index in [4.69, 9.17) is 4.74 Å². The Balaban J connectivity index is 1.97. The summed E-state index contributed by atoms with van der Waals surface area (Å²) in [6, 6.07) is 17.1. The Hall–Kier alpha value is -2.82. The van der Waals surface area contributed by atoms with Gasteiger partial charge in [-0.05, 0) is 29.8 Å². The Morgan fingerprint density at radius 1 is 1.18 bits per heavy atom. The van der Waals surface area contributed by atoms with Crippen LogP contribution in [0.3, 0.4) is 0 Å². The van der Waals surface area contributed by atoms with Gasteiger partial charge in [-0.1, -0.05) is 30.3 Å². The van der Waals surface area contributed by atoms with E-state index in [0.717, 1.165) is 17.0 Å². The van der Waals surface area contributed by atoms with Crippen molar-refractivity contribution in [2.75, 3.05) is 12.1 Å². The van der Waals surface area contributed by atoms with Crippen LogP contribution >= 0.6 is 0 Å².